The first-order chi connectivity index (χ1) is 9.81. The fraction of sp³-hybridized carbons (Fsp3) is 0.250. The first-order valence-electron chi connectivity index (χ1n) is 6.45. The summed E-state index contributed by atoms with van der Waals surface area (Å²) in [6.07, 6.45) is 2.35. The van der Waals surface area contributed by atoms with Gasteiger partial charge in [0.25, 0.3) is 0 Å². The van der Waals surface area contributed by atoms with Gasteiger partial charge >= 0.3 is 0 Å². The number of halogens is 1. The van der Waals surface area contributed by atoms with Gasteiger partial charge in [-0.05, 0) is 53.2 Å². The maximum Gasteiger partial charge on any atom is 0.128 e. The summed E-state index contributed by atoms with van der Waals surface area (Å²) in [5.74, 6) is 1.69. The summed E-state index contributed by atoms with van der Waals surface area (Å²) in [7, 11) is 1.66. The highest BCUT2D eigenvalue weighted by Crippen LogP contribution is 2.27. The highest BCUT2D eigenvalue weighted by atomic mass is 127. The van der Waals surface area contributed by atoms with E-state index < -0.39 is 0 Å². The van der Waals surface area contributed by atoms with Gasteiger partial charge in [0.1, 0.15) is 11.5 Å². The van der Waals surface area contributed by atoms with Crippen LogP contribution in [0.1, 0.15) is 12.0 Å². The van der Waals surface area contributed by atoms with Gasteiger partial charge in [0.2, 0.25) is 0 Å². The molecule has 4 heteroatoms. The Morgan fingerprint density at radius 3 is 2.55 bits per heavy atom. The number of hydrogen-bond acceptors (Lipinski definition) is 3. The van der Waals surface area contributed by atoms with Crippen LogP contribution in [-0.4, -0.2) is 11.5 Å². The Bertz CT molecular complexity index is 528. The molecule has 0 heterocycles. The Labute approximate surface area is 138 Å². The minimum absolute atomic E-state index is 0.826. The van der Waals surface area contributed by atoms with Crippen molar-refractivity contribution in [1.82, 2.24) is 0 Å². The smallest absolute Gasteiger partial charge is 0.128 e. The van der Waals surface area contributed by atoms with E-state index in [-0.39, 0.29) is 0 Å². The minimum atomic E-state index is 0.826. The highest BCUT2D eigenvalue weighted by Gasteiger charge is 2.00. The Morgan fingerprint density at radius 1 is 1.05 bits per heavy atom. The van der Waals surface area contributed by atoms with Crippen molar-refractivity contribution in [1.29, 1.82) is 0 Å². The molecule has 0 aliphatic rings. The molecule has 2 nitrogen and oxygen atoms in total. The second kappa shape index (κ2) is 8.54. The standard InChI is InChI=1S/C16H17IO2S/c1-18-20-16-6-2-5-15(12-16)19-14-9-7-13(8-10-14)4-3-11-17/h2,5-10,12H,3-4,11H2,1H3. The van der Waals surface area contributed by atoms with Gasteiger partial charge in [0, 0.05) is 16.9 Å². The van der Waals surface area contributed by atoms with Crippen LogP contribution >= 0.6 is 34.6 Å². The Balaban J connectivity index is 2.00. The molecule has 0 radical (unpaired) electrons. The first kappa shape index (κ1) is 15.7. The van der Waals surface area contributed by atoms with E-state index in [9.17, 15) is 0 Å². The summed E-state index contributed by atoms with van der Waals surface area (Å²) in [5.41, 5.74) is 1.36. The van der Waals surface area contributed by atoms with E-state index in [1.807, 2.05) is 36.4 Å². The average molecular weight is 400 g/mol. The normalized spacial score (nSPS) is 10.5. The van der Waals surface area contributed by atoms with E-state index in [1.165, 1.54) is 28.5 Å². The van der Waals surface area contributed by atoms with E-state index in [2.05, 4.69) is 34.7 Å². The van der Waals surface area contributed by atoms with Gasteiger partial charge in [-0.25, -0.2) is 0 Å². The van der Waals surface area contributed by atoms with E-state index in [0.29, 0.717) is 0 Å². The summed E-state index contributed by atoms with van der Waals surface area (Å²) in [6, 6.07) is 16.2. The maximum atomic E-state index is 5.85. The number of alkyl halides is 1. The molecule has 0 aliphatic carbocycles. The van der Waals surface area contributed by atoms with Crippen LogP contribution in [0, 0.1) is 0 Å². The molecular formula is C16H17IO2S. The first-order valence-corrected chi connectivity index (χ1v) is 8.72. The number of benzene rings is 2. The fourth-order valence-corrected chi connectivity index (χ4v) is 2.69. The van der Waals surface area contributed by atoms with Crippen molar-refractivity contribution in [3.8, 4) is 11.5 Å². The fourth-order valence-electron chi connectivity index (χ4n) is 1.82. The second-order valence-electron chi connectivity index (χ2n) is 4.26. The van der Waals surface area contributed by atoms with Crippen molar-refractivity contribution in [3.63, 3.8) is 0 Å². The third-order valence-corrected chi connectivity index (χ3v) is 4.12. The lowest BCUT2D eigenvalue weighted by atomic mass is 10.1. The van der Waals surface area contributed by atoms with Gasteiger partial charge < -0.3 is 8.92 Å². The minimum Gasteiger partial charge on any atom is -0.457 e. The van der Waals surface area contributed by atoms with Crippen molar-refractivity contribution >= 4 is 34.6 Å². The van der Waals surface area contributed by atoms with Gasteiger partial charge in [-0.2, -0.15) is 0 Å². The van der Waals surface area contributed by atoms with Crippen LogP contribution in [0.5, 0.6) is 11.5 Å². The Kier molecular flexibility index (Phi) is 6.69. The largest absolute Gasteiger partial charge is 0.457 e. The van der Waals surface area contributed by atoms with Crippen LogP contribution in [0.4, 0.5) is 0 Å². The van der Waals surface area contributed by atoms with Crippen molar-refractivity contribution < 1.29 is 8.92 Å². The molecular weight excluding hydrogens is 383 g/mol. The molecule has 106 valence electrons. The summed E-state index contributed by atoms with van der Waals surface area (Å²) in [5, 5.41) is 0. The van der Waals surface area contributed by atoms with E-state index in [0.717, 1.165) is 22.8 Å². The van der Waals surface area contributed by atoms with Crippen LogP contribution in [0.25, 0.3) is 0 Å². The number of hydrogen-bond donors (Lipinski definition) is 0. The molecule has 2 rings (SSSR count). The molecule has 20 heavy (non-hydrogen) atoms. The molecule has 0 saturated heterocycles. The van der Waals surface area contributed by atoms with Gasteiger partial charge in [0.15, 0.2) is 0 Å². The summed E-state index contributed by atoms with van der Waals surface area (Å²) < 4.78 is 12.1. The molecule has 0 spiro atoms. The number of rotatable bonds is 7. The van der Waals surface area contributed by atoms with Gasteiger partial charge in [-0.15, -0.1) is 0 Å². The van der Waals surface area contributed by atoms with Crippen molar-refractivity contribution in [2.24, 2.45) is 0 Å². The van der Waals surface area contributed by atoms with Gasteiger partial charge in [-0.3, -0.25) is 0 Å². The summed E-state index contributed by atoms with van der Waals surface area (Å²) in [4.78, 5) is 1.03. The zero-order chi connectivity index (χ0) is 14.2. The maximum absolute atomic E-state index is 5.85. The van der Waals surface area contributed by atoms with Crippen molar-refractivity contribution in [2.45, 2.75) is 17.7 Å². The number of aryl methyl sites for hydroxylation is 1. The van der Waals surface area contributed by atoms with Crippen LogP contribution in [0.2, 0.25) is 0 Å². The zero-order valence-corrected chi connectivity index (χ0v) is 14.3. The van der Waals surface area contributed by atoms with E-state index >= 15 is 0 Å². The summed E-state index contributed by atoms with van der Waals surface area (Å²) >= 11 is 3.74. The lowest BCUT2D eigenvalue weighted by Gasteiger charge is -2.08. The Hall–Kier alpha value is -0.720. The third-order valence-electron chi connectivity index (χ3n) is 2.74. The predicted octanol–water partition coefficient (Wildman–Crippen LogP) is 5.50. The lowest BCUT2D eigenvalue weighted by Crippen LogP contribution is -1.88. The highest BCUT2D eigenvalue weighted by molar-refractivity contribution is 14.1. The molecule has 0 atom stereocenters. The lowest BCUT2D eigenvalue weighted by molar-refractivity contribution is 0.477. The number of ether oxygens (including phenoxy) is 1. The quantitative estimate of drug-likeness (QED) is 0.347. The van der Waals surface area contributed by atoms with E-state index in [1.54, 1.807) is 7.11 Å². The van der Waals surface area contributed by atoms with Crippen LogP contribution in [-0.2, 0) is 10.6 Å². The van der Waals surface area contributed by atoms with Crippen molar-refractivity contribution in [2.75, 3.05) is 11.5 Å². The van der Waals surface area contributed by atoms with E-state index in [4.69, 9.17) is 8.92 Å². The predicted molar refractivity (Wildman–Crippen MR) is 93.0 cm³/mol. The molecule has 0 amide bonds. The van der Waals surface area contributed by atoms with Gasteiger partial charge in [0.05, 0.1) is 7.11 Å². The molecule has 0 fully saturated rings. The molecule has 0 saturated carbocycles. The van der Waals surface area contributed by atoms with Crippen LogP contribution in [0.3, 0.4) is 0 Å². The molecule has 0 bridgehead atoms. The van der Waals surface area contributed by atoms with Crippen LogP contribution in [0.15, 0.2) is 53.4 Å². The molecule has 2 aromatic carbocycles. The molecule has 0 aromatic heterocycles. The molecule has 0 unspecified atom stereocenters. The third kappa shape index (κ3) is 5.00. The van der Waals surface area contributed by atoms with Crippen LogP contribution < -0.4 is 4.74 Å². The monoisotopic (exact) mass is 400 g/mol. The molecule has 2 aromatic rings. The topological polar surface area (TPSA) is 18.5 Å². The zero-order valence-electron chi connectivity index (χ0n) is 11.3. The second-order valence-corrected chi connectivity index (χ2v) is 6.31. The Morgan fingerprint density at radius 2 is 1.85 bits per heavy atom. The average Bonchev–Trinajstić information content (AvgIpc) is 2.47. The molecule has 0 aliphatic heterocycles. The SMILES string of the molecule is COSc1cccc(Oc2ccc(CCCI)cc2)c1. The van der Waals surface area contributed by atoms with Crippen molar-refractivity contribution in [3.05, 3.63) is 54.1 Å². The molecule has 0 N–H and O–H groups in total. The summed E-state index contributed by atoms with van der Waals surface area (Å²) in [6.45, 7) is 0. The van der Waals surface area contributed by atoms with Gasteiger partial charge in [-0.1, -0.05) is 40.8 Å².